The molecule has 1 aromatic heterocycles. The van der Waals surface area contributed by atoms with Gasteiger partial charge in [-0.3, -0.25) is 20.2 Å². The molecule has 1 saturated heterocycles. The van der Waals surface area contributed by atoms with Crippen LogP contribution in [0.2, 0.25) is 0 Å². The zero-order valence-corrected chi connectivity index (χ0v) is 17.2. The molecule has 7 nitrogen and oxygen atoms in total. The van der Waals surface area contributed by atoms with Gasteiger partial charge in [0.1, 0.15) is 5.50 Å². The molecular formula is C22H22N4O3S. The summed E-state index contributed by atoms with van der Waals surface area (Å²) in [5.74, 6) is 0.181. The van der Waals surface area contributed by atoms with Gasteiger partial charge in [-0.15, -0.1) is 11.8 Å². The van der Waals surface area contributed by atoms with Crippen molar-refractivity contribution < 1.29 is 14.1 Å². The molecule has 1 fully saturated rings. The fourth-order valence-corrected chi connectivity index (χ4v) is 4.12. The highest BCUT2D eigenvalue weighted by molar-refractivity contribution is 8.00. The van der Waals surface area contributed by atoms with E-state index < -0.39 is 0 Å². The molecule has 8 heteroatoms. The number of aryl methyl sites for hydroxylation is 1. The average Bonchev–Trinajstić information content (AvgIpc) is 3.21. The lowest BCUT2D eigenvalue weighted by Crippen LogP contribution is -2.51. The molecule has 2 amide bonds. The van der Waals surface area contributed by atoms with Crippen LogP contribution in [0.4, 0.5) is 5.88 Å². The number of rotatable bonds is 6. The number of nitrogens with one attached hydrogen (secondary N) is 3. The second-order valence-electron chi connectivity index (χ2n) is 7.08. The minimum atomic E-state index is -0.353. The average molecular weight is 423 g/mol. The van der Waals surface area contributed by atoms with Crippen LogP contribution in [0.3, 0.4) is 0 Å². The first-order valence-electron chi connectivity index (χ1n) is 9.62. The van der Waals surface area contributed by atoms with E-state index in [1.807, 2.05) is 61.5 Å². The van der Waals surface area contributed by atoms with Gasteiger partial charge < -0.3 is 9.84 Å². The van der Waals surface area contributed by atoms with Crippen LogP contribution >= 0.6 is 11.8 Å². The number of amides is 2. The highest BCUT2D eigenvalue weighted by Crippen LogP contribution is 2.28. The molecule has 154 valence electrons. The predicted molar refractivity (Wildman–Crippen MR) is 117 cm³/mol. The monoisotopic (exact) mass is 422 g/mol. The molecule has 30 heavy (non-hydrogen) atoms. The summed E-state index contributed by atoms with van der Waals surface area (Å²) in [7, 11) is 0. The fourth-order valence-electron chi connectivity index (χ4n) is 3.25. The maximum absolute atomic E-state index is 12.5. The van der Waals surface area contributed by atoms with Crippen molar-refractivity contribution in [2.24, 2.45) is 0 Å². The summed E-state index contributed by atoms with van der Waals surface area (Å²) in [6.45, 7) is 2.01. The molecule has 3 N–H and O–H groups in total. The number of benzene rings is 2. The van der Waals surface area contributed by atoms with Gasteiger partial charge in [-0.2, -0.15) is 0 Å². The van der Waals surface area contributed by atoms with Gasteiger partial charge in [0.2, 0.25) is 17.7 Å². The van der Waals surface area contributed by atoms with Crippen LogP contribution in [0.5, 0.6) is 0 Å². The topological polar surface area (TPSA) is 96.3 Å². The second-order valence-corrected chi connectivity index (χ2v) is 8.17. The molecule has 3 aromatic rings. The van der Waals surface area contributed by atoms with Crippen molar-refractivity contribution in [3.05, 3.63) is 71.9 Å². The molecule has 0 spiro atoms. The molecule has 0 saturated carbocycles. The Morgan fingerprint density at radius 1 is 1.20 bits per heavy atom. The summed E-state index contributed by atoms with van der Waals surface area (Å²) in [6, 6.07) is 17.6. The van der Waals surface area contributed by atoms with Crippen molar-refractivity contribution in [2.45, 2.75) is 24.9 Å². The van der Waals surface area contributed by atoms with Crippen LogP contribution in [0, 0.1) is 6.92 Å². The van der Waals surface area contributed by atoms with Gasteiger partial charge in [0.25, 0.3) is 0 Å². The molecular weight excluding hydrogens is 400 g/mol. The summed E-state index contributed by atoms with van der Waals surface area (Å²) in [6.07, 6.45) is 1.95. The van der Waals surface area contributed by atoms with Crippen molar-refractivity contribution in [2.75, 3.05) is 11.1 Å². The molecule has 0 bridgehead atoms. The summed E-state index contributed by atoms with van der Waals surface area (Å²) < 4.78 is 5.23. The molecule has 2 aromatic carbocycles. The smallest absolute Gasteiger partial charge is 0.239 e. The van der Waals surface area contributed by atoms with E-state index in [1.54, 1.807) is 6.20 Å². The van der Waals surface area contributed by atoms with Crippen molar-refractivity contribution in [1.29, 1.82) is 0 Å². The van der Waals surface area contributed by atoms with Gasteiger partial charge in [0.15, 0.2) is 0 Å². The van der Waals surface area contributed by atoms with E-state index in [1.165, 1.54) is 11.8 Å². The quantitative estimate of drug-likeness (QED) is 0.563. The molecule has 0 radical (unpaired) electrons. The van der Waals surface area contributed by atoms with Crippen molar-refractivity contribution in [3.8, 4) is 11.1 Å². The first-order chi connectivity index (χ1) is 14.6. The Bertz CT molecular complexity index is 1020. The number of carbonyl (C=O) groups is 2. The van der Waals surface area contributed by atoms with E-state index in [0.717, 1.165) is 22.3 Å². The van der Waals surface area contributed by atoms with Crippen LogP contribution in [0.1, 0.15) is 23.6 Å². The Hall–Kier alpha value is -3.10. The lowest BCUT2D eigenvalue weighted by atomic mass is 10.0. The number of aromatic nitrogens is 1. The maximum atomic E-state index is 12.5. The number of anilines is 1. The maximum Gasteiger partial charge on any atom is 0.239 e. The largest absolute Gasteiger partial charge is 0.338 e. The Kier molecular flexibility index (Phi) is 6.15. The summed E-state index contributed by atoms with van der Waals surface area (Å²) in [4.78, 5) is 24.6. The normalized spacial score (nSPS) is 18.6. The van der Waals surface area contributed by atoms with E-state index in [-0.39, 0.29) is 29.1 Å². The molecule has 2 unspecified atom stereocenters. The van der Waals surface area contributed by atoms with Crippen molar-refractivity contribution in [3.63, 3.8) is 0 Å². The third-order valence-electron chi connectivity index (χ3n) is 4.80. The van der Waals surface area contributed by atoms with E-state index in [0.29, 0.717) is 12.3 Å². The van der Waals surface area contributed by atoms with Crippen molar-refractivity contribution >= 4 is 29.5 Å². The van der Waals surface area contributed by atoms with Crippen LogP contribution in [-0.4, -0.2) is 28.2 Å². The Morgan fingerprint density at radius 2 is 1.97 bits per heavy atom. The summed E-state index contributed by atoms with van der Waals surface area (Å²) in [5.41, 5.74) is 3.48. The molecule has 2 heterocycles. The standard InChI is InChI=1S/C22H22N4O3S/c1-14-7-9-15(10-8-14)17-12-23-29-21(17)25-20(28)13-30-22-24-18(11-19(27)26-22)16-5-3-2-4-6-16/h2-10,12,18,22,24H,11,13H2,1H3,(H,25,28)(H,26,27). The van der Waals surface area contributed by atoms with Crippen LogP contribution < -0.4 is 16.0 Å². The van der Waals surface area contributed by atoms with E-state index >= 15 is 0 Å². The zero-order chi connectivity index (χ0) is 20.9. The number of hydrogen-bond donors (Lipinski definition) is 3. The van der Waals surface area contributed by atoms with Crippen LogP contribution in [0.25, 0.3) is 11.1 Å². The minimum Gasteiger partial charge on any atom is -0.338 e. The van der Waals surface area contributed by atoms with E-state index in [9.17, 15) is 9.59 Å². The van der Waals surface area contributed by atoms with Crippen LogP contribution in [0.15, 0.2) is 65.3 Å². The van der Waals surface area contributed by atoms with Gasteiger partial charge in [-0.05, 0) is 18.1 Å². The highest BCUT2D eigenvalue weighted by atomic mass is 32.2. The van der Waals surface area contributed by atoms with Gasteiger partial charge in [-0.25, -0.2) is 0 Å². The first-order valence-corrected chi connectivity index (χ1v) is 10.7. The van der Waals surface area contributed by atoms with Crippen molar-refractivity contribution in [1.82, 2.24) is 15.8 Å². The first kappa shape index (κ1) is 20.2. The third-order valence-corrected chi connectivity index (χ3v) is 5.82. The predicted octanol–water partition coefficient (Wildman–Crippen LogP) is 3.46. The Labute approximate surface area is 178 Å². The van der Waals surface area contributed by atoms with Gasteiger partial charge >= 0.3 is 0 Å². The molecule has 0 aliphatic carbocycles. The lowest BCUT2D eigenvalue weighted by Gasteiger charge is -2.31. The van der Waals surface area contributed by atoms with Crippen LogP contribution in [-0.2, 0) is 9.59 Å². The van der Waals surface area contributed by atoms with Gasteiger partial charge in [0.05, 0.1) is 17.5 Å². The lowest BCUT2D eigenvalue weighted by molar-refractivity contribution is -0.123. The molecule has 1 aliphatic heterocycles. The number of nitrogens with zero attached hydrogens (tertiary/aromatic N) is 1. The SMILES string of the molecule is Cc1ccc(-c2cnoc2NC(=O)CSC2NC(=O)CC(c3ccccc3)N2)cc1. The molecule has 2 atom stereocenters. The number of carbonyl (C=O) groups excluding carboxylic acids is 2. The van der Waals surface area contributed by atoms with E-state index in [4.69, 9.17) is 4.52 Å². The molecule has 1 aliphatic rings. The highest BCUT2D eigenvalue weighted by Gasteiger charge is 2.27. The van der Waals surface area contributed by atoms with E-state index in [2.05, 4.69) is 21.1 Å². The van der Waals surface area contributed by atoms with Gasteiger partial charge in [0, 0.05) is 12.5 Å². The summed E-state index contributed by atoms with van der Waals surface area (Å²) >= 11 is 1.32. The zero-order valence-electron chi connectivity index (χ0n) is 16.4. The number of thioether (sulfide) groups is 1. The van der Waals surface area contributed by atoms with Gasteiger partial charge in [-0.1, -0.05) is 65.3 Å². The summed E-state index contributed by atoms with van der Waals surface area (Å²) in [5, 5.41) is 12.8. The molecule has 4 rings (SSSR count). The Balaban J connectivity index is 1.35. The Morgan fingerprint density at radius 3 is 2.73 bits per heavy atom. The fraction of sp³-hybridized carbons (Fsp3) is 0.227. The second kappa shape index (κ2) is 9.15. The number of hydrogen-bond acceptors (Lipinski definition) is 6. The minimum absolute atomic E-state index is 0.0441. The third kappa shape index (κ3) is 4.90.